The van der Waals surface area contributed by atoms with E-state index in [1.807, 2.05) is 6.92 Å². The van der Waals surface area contributed by atoms with Gasteiger partial charge in [-0.15, -0.1) is 0 Å². The van der Waals surface area contributed by atoms with Crippen LogP contribution in [0.1, 0.15) is 39.5 Å². The van der Waals surface area contributed by atoms with Crippen LogP contribution in [-0.4, -0.2) is 42.8 Å². The standard InChI is InChI=1S/C12H23F3N2/c1-3-7-16-10(4-2)8-17(11-5-6-11)9-12(13,14)15/h10-11,16H,3-9H2,1-2H3. The zero-order valence-electron chi connectivity index (χ0n) is 10.7. The first-order valence-electron chi connectivity index (χ1n) is 6.50. The Bertz CT molecular complexity index is 214. The van der Waals surface area contributed by atoms with Crippen LogP contribution in [0.25, 0.3) is 0 Å². The summed E-state index contributed by atoms with van der Waals surface area (Å²) in [6.07, 6.45) is -0.355. The Morgan fingerprint density at radius 1 is 1.29 bits per heavy atom. The number of hydrogen-bond donors (Lipinski definition) is 1. The van der Waals surface area contributed by atoms with Gasteiger partial charge in [0, 0.05) is 18.6 Å². The molecule has 0 aromatic rings. The van der Waals surface area contributed by atoms with Gasteiger partial charge in [0.2, 0.25) is 0 Å². The number of alkyl halides is 3. The maximum absolute atomic E-state index is 12.4. The van der Waals surface area contributed by atoms with E-state index in [1.54, 1.807) is 4.90 Å². The largest absolute Gasteiger partial charge is 0.401 e. The lowest BCUT2D eigenvalue weighted by molar-refractivity contribution is -0.147. The van der Waals surface area contributed by atoms with E-state index in [9.17, 15) is 13.2 Å². The third-order valence-electron chi connectivity index (χ3n) is 3.08. The predicted molar refractivity (Wildman–Crippen MR) is 63.0 cm³/mol. The van der Waals surface area contributed by atoms with Crippen molar-refractivity contribution in [1.82, 2.24) is 10.2 Å². The van der Waals surface area contributed by atoms with Gasteiger partial charge in [-0.05, 0) is 32.2 Å². The Kier molecular flexibility index (Phi) is 5.73. The van der Waals surface area contributed by atoms with Crippen LogP contribution in [0, 0.1) is 0 Å². The fraction of sp³-hybridized carbons (Fsp3) is 1.00. The van der Waals surface area contributed by atoms with Gasteiger partial charge in [-0.1, -0.05) is 13.8 Å². The Hall–Kier alpha value is -0.290. The molecule has 0 heterocycles. The zero-order valence-corrected chi connectivity index (χ0v) is 10.7. The molecule has 1 rings (SSSR count). The second kappa shape index (κ2) is 6.59. The highest BCUT2D eigenvalue weighted by Crippen LogP contribution is 2.30. The van der Waals surface area contributed by atoms with Crippen LogP contribution in [0.5, 0.6) is 0 Å². The molecule has 0 aliphatic heterocycles. The zero-order chi connectivity index (χ0) is 12.9. The highest BCUT2D eigenvalue weighted by atomic mass is 19.4. The molecule has 2 nitrogen and oxygen atoms in total. The molecule has 0 radical (unpaired) electrons. The SMILES string of the molecule is CCCNC(CC)CN(CC(F)(F)F)C1CC1. The lowest BCUT2D eigenvalue weighted by Gasteiger charge is -2.28. The molecule has 1 saturated carbocycles. The lowest BCUT2D eigenvalue weighted by atomic mass is 10.2. The fourth-order valence-corrected chi connectivity index (χ4v) is 1.98. The van der Waals surface area contributed by atoms with Crippen molar-refractivity contribution < 1.29 is 13.2 Å². The molecular weight excluding hydrogens is 229 g/mol. The molecule has 0 aromatic carbocycles. The molecule has 1 fully saturated rings. The van der Waals surface area contributed by atoms with Gasteiger partial charge in [-0.3, -0.25) is 4.90 Å². The van der Waals surface area contributed by atoms with Crippen LogP contribution in [0.2, 0.25) is 0 Å². The molecular formula is C12H23F3N2. The smallest absolute Gasteiger partial charge is 0.313 e. The molecule has 0 spiro atoms. The van der Waals surface area contributed by atoms with Crippen molar-refractivity contribution in [3.63, 3.8) is 0 Å². The fourth-order valence-electron chi connectivity index (χ4n) is 1.98. The summed E-state index contributed by atoms with van der Waals surface area (Å²) < 4.78 is 37.3. The Labute approximate surface area is 102 Å². The summed E-state index contributed by atoms with van der Waals surface area (Å²) in [5.74, 6) is 0. The molecule has 1 N–H and O–H groups in total. The molecule has 0 bridgehead atoms. The van der Waals surface area contributed by atoms with Crippen LogP contribution in [-0.2, 0) is 0 Å². The van der Waals surface area contributed by atoms with Crippen molar-refractivity contribution in [2.75, 3.05) is 19.6 Å². The highest BCUT2D eigenvalue weighted by Gasteiger charge is 2.38. The van der Waals surface area contributed by atoms with Gasteiger partial charge in [-0.2, -0.15) is 13.2 Å². The summed E-state index contributed by atoms with van der Waals surface area (Å²) in [6.45, 7) is 4.71. The average molecular weight is 252 g/mol. The first kappa shape index (κ1) is 14.8. The Morgan fingerprint density at radius 2 is 1.94 bits per heavy atom. The van der Waals surface area contributed by atoms with Crippen molar-refractivity contribution in [3.8, 4) is 0 Å². The van der Waals surface area contributed by atoms with E-state index in [4.69, 9.17) is 0 Å². The topological polar surface area (TPSA) is 15.3 Å². The summed E-state index contributed by atoms with van der Waals surface area (Å²) >= 11 is 0. The number of nitrogens with one attached hydrogen (secondary N) is 1. The van der Waals surface area contributed by atoms with E-state index >= 15 is 0 Å². The van der Waals surface area contributed by atoms with Crippen LogP contribution in [0.3, 0.4) is 0 Å². The molecule has 17 heavy (non-hydrogen) atoms. The molecule has 102 valence electrons. The minimum atomic E-state index is -4.08. The maximum Gasteiger partial charge on any atom is 0.401 e. The summed E-state index contributed by atoms with van der Waals surface area (Å²) in [4.78, 5) is 1.59. The molecule has 5 heteroatoms. The molecule has 0 aromatic heterocycles. The third kappa shape index (κ3) is 6.27. The molecule has 1 aliphatic carbocycles. The van der Waals surface area contributed by atoms with Crippen LogP contribution >= 0.6 is 0 Å². The number of halogens is 3. The average Bonchev–Trinajstić information content (AvgIpc) is 3.04. The monoisotopic (exact) mass is 252 g/mol. The second-order valence-corrected chi connectivity index (χ2v) is 4.84. The highest BCUT2D eigenvalue weighted by molar-refractivity contribution is 4.88. The minimum Gasteiger partial charge on any atom is -0.313 e. The van der Waals surface area contributed by atoms with E-state index in [-0.39, 0.29) is 12.1 Å². The molecule has 1 unspecified atom stereocenters. The normalized spacial score (nSPS) is 18.7. The van der Waals surface area contributed by atoms with Gasteiger partial charge in [0.05, 0.1) is 6.54 Å². The second-order valence-electron chi connectivity index (χ2n) is 4.84. The molecule has 1 atom stereocenters. The lowest BCUT2D eigenvalue weighted by Crippen LogP contribution is -2.45. The van der Waals surface area contributed by atoms with Crippen molar-refractivity contribution >= 4 is 0 Å². The van der Waals surface area contributed by atoms with Crippen LogP contribution in [0.15, 0.2) is 0 Å². The van der Waals surface area contributed by atoms with Crippen molar-refractivity contribution in [3.05, 3.63) is 0 Å². The first-order valence-corrected chi connectivity index (χ1v) is 6.50. The van der Waals surface area contributed by atoms with E-state index in [0.717, 1.165) is 32.2 Å². The van der Waals surface area contributed by atoms with Gasteiger partial charge < -0.3 is 5.32 Å². The van der Waals surface area contributed by atoms with Crippen molar-refractivity contribution in [1.29, 1.82) is 0 Å². The molecule has 0 amide bonds. The van der Waals surface area contributed by atoms with Gasteiger partial charge in [-0.25, -0.2) is 0 Å². The number of nitrogens with zero attached hydrogens (tertiary/aromatic N) is 1. The molecule has 0 saturated heterocycles. The summed E-state index contributed by atoms with van der Waals surface area (Å²) in [6, 6.07) is 0.340. The van der Waals surface area contributed by atoms with Crippen molar-refractivity contribution in [2.24, 2.45) is 0 Å². The minimum absolute atomic E-state index is 0.161. The van der Waals surface area contributed by atoms with E-state index in [1.165, 1.54) is 0 Å². The third-order valence-corrected chi connectivity index (χ3v) is 3.08. The van der Waals surface area contributed by atoms with Gasteiger partial charge in [0.25, 0.3) is 0 Å². The maximum atomic E-state index is 12.4. The summed E-state index contributed by atoms with van der Waals surface area (Å²) in [5, 5.41) is 3.31. The van der Waals surface area contributed by atoms with Crippen LogP contribution in [0.4, 0.5) is 13.2 Å². The number of rotatable bonds is 8. The Morgan fingerprint density at radius 3 is 2.35 bits per heavy atom. The van der Waals surface area contributed by atoms with Gasteiger partial charge >= 0.3 is 6.18 Å². The van der Waals surface area contributed by atoms with Gasteiger partial charge in [0.15, 0.2) is 0 Å². The first-order chi connectivity index (χ1) is 7.96. The van der Waals surface area contributed by atoms with E-state index in [0.29, 0.717) is 6.54 Å². The quantitative estimate of drug-likeness (QED) is 0.714. The van der Waals surface area contributed by atoms with Crippen molar-refractivity contribution in [2.45, 2.75) is 57.8 Å². The summed E-state index contributed by atoms with van der Waals surface area (Å²) in [5.41, 5.74) is 0. The number of hydrogen-bond acceptors (Lipinski definition) is 2. The molecule has 1 aliphatic rings. The Balaban J connectivity index is 2.41. The van der Waals surface area contributed by atoms with E-state index in [2.05, 4.69) is 12.2 Å². The van der Waals surface area contributed by atoms with E-state index < -0.39 is 12.7 Å². The summed E-state index contributed by atoms with van der Waals surface area (Å²) in [7, 11) is 0. The van der Waals surface area contributed by atoms with Crippen LogP contribution < -0.4 is 5.32 Å². The predicted octanol–water partition coefficient (Wildman–Crippen LogP) is 2.79. The van der Waals surface area contributed by atoms with Gasteiger partial charge in [0.1, 0.15) is 0 Å².